The average molecular weight is 426 g/mol. The largest absolute Gasteiger partial charge is 0.395 e. The lowest BCUT2D eigenvalue weighted by molar-refractivity contribution is -0.115. The van der Waals surface area contributed by atoms with Crippen LogP contribution in [0, 0.1) is 6.92 Å². The van der Waals surface area contributed by atoms with Gasteiger partial charge in [-0.1, -0.05) is 0 Å². The maximum atomic E-state index is 14.0. The first kappa shape index (κ1) is 21.7. The lowest BCUT2D eigenvalue weighted by Gasteiger charge is -2.28. The van der Waals surface area contributed by atoms with Crippen LogP contribution in [0.4, 0.5) is 19.3 Å². The molecule has 1 aromatic carbocycles. The first-order valence-corrected chi connectivity index (χ1v) is 10.4. The summed E-state index contributed by atoms with van der Waals surface area (Å²) < 4.78 is 28.1. The average Bonchev–Trinajstić information content (AvgIpc) is 2.80. The van der Waals surface area contributed by atoms with E-state index in [-0.39, 0.29) is 17.1 Å². The Balaban J connectivity index is 2.02. The molecule has 0 atom stereocenters. The number of amides is 2. The van der Waals surface area contributed by atoms with E-state index in [1.54, 1.807) is 6.92 Å². The minimum atomic E-state index is -3.02. The molecule has 0 radical (unpaired) electrons. The van der Waals surface area contributed by atoms with Crippen molar-refractivity contribution in [3.8, 4) is 0 Å². The Morgan fingerprint density at radius 3 is 2.62 bits per heavy atom. The molecule has 1 aromatic rings. The molecule has 2 heterocycles. The molecular formula is C20H25F2N3O3S. The van der Waals surface area contributed by atoms with E-state index in [4.69, 9.17) is 0 Å². The van der Waals surface area contributed by atoms with Gasteiger partial charge in [-0.25, -0.2) is 8.78 Å². The van der Waals surface area contributed by atoms with Gasteiger partial charge in [0.1, 0.15) is 0 Å². The minimum absolute atomic E-state index is 0.0943. The summed E-state index contributed by atoms with van der Waals surface area (Å²) >= 11 is 0.774. The molecule has 2 saturated heterocycles. The van der Waals surface area contributed by atoms with Crippen molar-refractivity contribution < 1.29 is 23.5 Å². The molecule has 2 aliphatic rings. The fraction of sp³-hybridized carbons (Fsp3) is 0.500. The number of benzene rings is 1. The van der Waals surface area contributed by atoms with Crippen LogP contribution in [-0.4, -0.2) is 60.5 Å². The molecule has 0 unspecified atom stereocenters. The van der Waals surface area contributed by atoms with Crippen LogP contribution in [0.3, 0.4) is 0 Å². The first-order valence-electron chi connectivity index (χ1n) is 9.55. The highest BCUT2D eigenvalue weighted by Gasteiger charge is 2.29. The summed E-state index contributed by atoms with van der Waals surface area (Å²) in [6.45, 7) is 6.34. The number of nitrogens with zero attached hydrogens (tertiary/aromatic N) is 2. The normalized spacial score (nSPS) is 20.3. The Hall–Kier alpha value is -1.97. The molecule has 2 fully saturated rings. The Morgan fingerprint density at radius 1 is 1.24 bits per heavy atom. The van der Waals surface area contributed by atoms with Crippen LogP contribution >= 0.6 is 11.8 Å². The van der Waals surface area contributed by atoms with Gasteiger partial charge in [0.2, 0.25) is 0 Å². The topological polar surface area (TPSA) is 72.9 Å². The summed E-state index contributed by atoms with van der Waals surface area (Å²) in [5, 5.41) is 10.9. The molecule has 0 saturated carbocycles. The number of alkyl halides is 2. The number of anilines is 1. The molecule has 2 amide bonds. The Morgan fingerprint density at radius 2 is 2.00 bits per heavy atom. The zero-order chi connectivity index (χ0) is 21.2. The highest BCUT2D eigenvalue weighted by molar-refractivity contribution is 8.18. The summed E-state index contributed by atoms with van der Waals surface area (Å²) in [5.74, 6) is -3.53. The van der Waals surface area contributed by atoms with Crippen molar-refractivity contribution in [1.82, 2.24) is 10.2 Å². The second-order valence-corrected chi connectivity index (χ2v) is 8.39. The molecule has 0 bridgehead atoms. The lowest BCUT2D eigenvalue weighted by Crippen LogP contribution is -2.33. The number of nitrogens with one attached hydrogen (secondary N) is 1. The van der Waals surface area contributed by atoms with E-state index in [0.29, 0.717) is 24.2 Å². The van der Waals surface area contributed by atoms with Gasteiger partial charge in [0, 0.05) is 44.4 Å². The van der Waals surface area contributed by atoms with Gasteiger partial charge < -0.3 is 10.0 Å². The third-order valence-corrected chi connectivity index (χ3v) is 5.90. The van der Waals surface area contributed by atoms with Crippen LogP contribution in [0.2, 0.25) is 0 Å². The van der Waals surface area contributed by atoms with Crippen LogP contribution in [0.1, 0.15) is 30.0 Å². The number of β-amino-alcohol motifs (C(OH)–C–C–N with tert-alkyl or cyclic N) is 1. The molecular weight excluding hydrogens is 400 g/mol. The van der Waals surface area contributed by atoms with E-state index < -0.39 is 17.1 Å². The molecule has 2 N–H and O–H groups in total. The van der Waals surface area contributed by atoms with Gasteiger partial charge in [0.05, 0.1) is 11.5 Å². The van der Waals surface area contributed by atoms with Gasteiger partial charge in [-0.2, -0.15) is 0 Å². The Bertz CT molecular complexity index is 839. The maximum Gasteiger partial charge on any atom is 0.290 e. The predicted molar refractivity (Wildman–Crippen MR) is 110 cm³/mol. The van der Waals surface area contributed by atoms with E-state index in [1.165, 1.54) is 18.2 Å². The van der Waals surface area contributed by atoms with Crippen molar-refractivity contribution in [2.75, 3.05) is 44.2 Å². The van der Waals surface area contributed by atoms with E-state index in [1.807, 2.05) is 0 Å². The third kappa shape index (κ3) is 5.15. The van der Waals surface area contributed by atoms with Crippen LogP contribution in [-0.2, 0) is 10.7 Å². The van der Waals surface area contributed by atoms with Crippen molar-refractivity contribution >= 4 is 34.7 Å². The van der Waals surface area contributed by atoms with E-state index in [9.17, 15) is 23.5 Å². The number of aryl methyl sites for hydroxylation is 1. The fourth-order valence-corrected chi connectivity index (χ4v) is 4.40. The van der Waals surface area contributed by atoms with Gasteiger partial charge in [0.15, 0.2) is 0 Å². The highest BCUT2D eigenvalue weighted by atomic mass is 32.2. The van der Waals surface area contributed by atoms with Crippen molar-refractivity contribution in [3.05, 3.63) is 33.7 Å². The van der Waals surface area contributed by atoms with Crippen LogP contribution in [0.5, 0.6) is 0 Å². The number of carbonyl (C=O) groups excluding carboxylic acids is 2. The molecule has 6 nitrogen and oxygen atoms in total. The third-order valence-electron chi connectivity index (χ3n) is 5.09. The van der Waals surface area contributed by atoms with Crippen molar-refractivity contribution in [1.29, 1.82) is 0 Å². The SMILES string of the molecule is Cc1cc(C(C)(F)F)cc(/C=C2\SC(=O)NC2=O)c1N1CCCN(CCO)CC1. The molecule has 158 valence electrons. The van der Waals surface area contributed by atoms with Crippen LogP contribution < -0.4 is 10.2 Å². The lowest BCUT2D eigenvalue weighted by atomic mass is 9.98. The highest BCUT2D eigenvalue weighted by Crippen LogP contribution is 2.37. The molecule has 29 heavy (non-hydrogen) atoms. The molecule has 3 rings (SSSR count). The number of hydrogen-bond donors (Lipinski definition) is 2. The maximum absolute atomic E-state index is 14.0. The molecule has 0 aliphatic carbocycles. The fourth-order valence-electron chi connectivity index (χ4n) is 3.72. The summed E-state index contributed by atoms with van der Waals surface area (Å²) in [5.41, 5.74) is 1.87. The Labute approximate surface area is 172 Å². The van der Waals surface area contributed by atoms with Crippen molar-refractivity contribution in [2.24, 2.45) is 0 Å². The van der Waals surface area contributed by atoms with Gasteiger partial charge in [-0.15, -0.1) is 0 Å². The van der Waals surface area contributed by atoms with Gasteiger partial charge in [-0.05, 0) is 61.0 Å². The van der Waals surface area contributed by atoms with E-state index >= 15 is 0 Å². The Kier molecular flexibility index (Phi) is 6.60. The second-order valence-electron chi connectivity index (χ2n) is 7.38. The first-order chi connectivity index (χ1) is 13.7. The predicted octanol–water partition coefficient (Wildman–Crippen LogP) is 2.94. The second kappa shape index (κ2) is 8.81. The summed E-state index contributed by atoms with van der Waals surface area (Å²) in [4.78, 5) is 28.0. The number of aliphatic hydroxyl groups excluding tert-OH is 1. The standard InChI is InChI=1S/C20H25F2N3O3S/c1-13-10-15(20(2,21)22)11-14(12-16-18(27)23-19(28)29-16)17(13)25-5-3-4-24(6-7-25)8-9-26/h10-12,26H,3-9H2,1-2H3,(H,23,27,28)/b16-12-. The zero-order valence-electron chi connectivity index (χ0n) is 16.5. The van der Waals surface area contributed by atoms with Crippen LogP contribution in [0.15, 0.2) is 17.0 Å². The number of aliphatic hydroxyl groups is 1. The summed E-state index contributed by atoms with van der Waals surface area (Å²) in [7, 11) is 0. The van der Waals surface area contributed by atoms with E-state index in [2.05, 4.69) is 15.1 Å². The monoisotopic (exact) mass is 425 g/mol. The zero-order valence-corrected chi connectivity index (χ0v) is 17.3. The minimum Gasteiger partial charge on any atom is -0.395 e. The number of rotatable bonds is 5. The number of imide groups is 1. The quantitative estimate of drug-likeness (QED) is 0.707. The van der Waals surface area contributed by atoms with Gasteiger partial charge in [0.25, 0.3) is 17.1 Å². The smallest absolute Gasteiger partial charge is 0.290 e. The van der Waals surface area contributed by atoms with E-state index in [0.717, 1.165) is 50.4 Å². The molecule has 0 spiro atoms. The van der Waals surface area contributed by atoms with Crippen LogP contribution in [0.25, 0.3) is 6.08 Å². The summed E-state index contributed by atoms with van der Waals surface area (Å²) in [6.07, 6.45) is 2.40. The number of thioether (sulfide) groups is 1. The summed E-state index contributed by atoms with van der Waals surface area (Å²) in [6, 6.07) is 2.89. The number of halogens is 2. The number of hydrogen-bond acceptors (Lipinski definition) is 6. The number of carbonyl (C=O) groups is 2. The molecule has 9 heteroatoms. The van der Waals surface area contributed by atoms with Crippen molar-refractivity contribution in [3.63, 3.8) is 0 Å². The molecule has 2 aliphatic heterocycles. The molecule has 0 aromatic heterocycles. The van der Waals surface area contributed by atoms with Crippen molar-refractivity contribution in [2.45, 2.75) is 26.2 Å². The van der Waals surface area contributed by atoms with Gasteiger partial charge >= 0.3 is 0 Å². The van der Waals surface area contributed by atoms with Gasteiger partial charge in [-0.3, -0.25) is 19.8 Å².